The van der Waals surface area contributed by atoms with Gasteiger partial charge < -0.3 is 5.11 Å². The average Bonchev–Trinajstić information content (AvgIpc) is 3.13. The van der Waals surface area contributed by atoms with Crippen molar-refractivity contribution in [2.75, 3.05) is 5.75 Å². The topological polar surface area (TPSA) is 20.2 Å². The van der Waals surface area contributed by atoms with Crippen molar-refractivity contribution < 1.29 is 5.11 Å². The SMILES string of the molecule is CC(CSc1ccccc1)[C@H]1CCC2=C3C=C[C@@H]4C(C)(C)[C@@H](O)CC[C@]4(C)[C@H]3CC[C@@]21C. The third-order valence-corrected chi connectivity index (χ3v) is 11.7. The Hall–Kier alpha value is -0.990. The fraction of sp³-hybridized carbons (Fsp3) is 0.667. The number of benzene rings is 1. The molecule has 1 aromatic carbocycles. The van der Waals surface area contributed by atoms with Crippen molar-refractivity contribution >= 4 is 11.8 Å². The van der Waals surface area contributed by atoms with E-state index < -0.39 is 0 Å². The molecule has 1 unspecified atom stereocenters. The highest BCUT2D eigenvalue weighted by Gasteiger charge is 2.58. The first-order valence-corrected chi connectivity index (χ1v) is 13.9. The molecule has 1 N–H and O–H groups in total. The summed E-state index contributed by atoms with van der Waals surface area (Å²) in [7, 11) is 0. The maximum Gasteiger partial charge on any atom is 0.0597 e. The van der Waals surface area contributed by atoms with Gasteiger partial charge in [0.1, 0.15) is 0 Å². The molecule has 4 aliphatic carbocycles. The Balaban J connectivity index is 1.41. The molecule has 5 rings (SSSR count). The average molecular weight is 451 g/mol. The Kier molecular flexibility index (Phi) is 5.73. The summed E-state index contributed by atoms with van der Waals surface area (Å²) in [6.07, 6.45) is 12.3. The van der Waals surface area contributed by atoms with Crippen LogP contribution in [0, 0.1) is 39.9 Å². The van der Waals surface area contributed by atoms with Crippen molar-refractivity contribution in [2.45, 2.75) is 84.1 Å². The molecule has 0 heterocycles. The van der Waals surface area contributed by atoms with Crippen LogP contribution in [-0.2, 0) is 0 Å². The molecule has 1 aromatic rings. The van der Waals surface area contributed by atoms with E-state index in [4.69, 9.17) is 0 Å². The molecule has 4 aliphatic rings. The molecule has 32 heavy (non-hydrogen) atoms. The number of hydrogen-bond donors (Lipinski definition) is 1. The van der Waals surface area contributed by atoms with E-state index in [0.717, 1.165) is 24.7 Å². The van der Waals surface area contributed by atoms with E-state index in [-0.39, 0.29) is 11.5 Å². The zero-order valence-electron chi connectivity index (χ0n) is 20.7. The minimum Gasteiger partial charge on any atom is -0.393 e. The Labute approximate surface area is 200 Å². The number of rotatable bonds is 4. The molecule has 1 nitrogen and oxygen atoms in total. The fourth-order valence-corrected chi connectivity index (χ4v) is 9.55. The second kappa shape index (κ2) is 8.05. The second-order valence-corrected chi connectivity index (χ2v) is 13.5. The zero-order valence-corrected chi connectivity index (χ0v) is 21.5. The Bertz CT molecular complexity index is 914. The lowest BCUT2D eigenvalue weighted by Gasteiger charge is -2.59. The summed E-state index contributed by atoms with van der Waals surface area (Å²) in [5.74, 6) is 3.92. The summed E-state index contributed by atoms with van der Waals surface area (Å²) in [6.45, 7) is 12.3. The smallest absolute Gasteiger partial charge is 0.0597 e. The van der Waals surface area contributed by atoms with Crippen LogP contribution in [0.15, 0.2) is 58.5 Å². The Morgan fingerprint density at radius 1 is 1.03 bits per heavy atom. The summed E-state index contributed by atoms with van der Waals surface area (Å²) in [5.41, 5.74) is 4.15. The molecule has 7 atom stereocenters. The number of fused-ring (bicyclic) bond motifs is 4. The maximum atomic E-state index is 10.8. The van der Waals surface area contributed by atoms with Crippen LogP contribution < -0.4 is 0 Å². The molecule has 174 valence electrons. The highest BCUT2D eigenvalue weighted by Crippen LogP contribution is 2.66. The number of aliphatic hydroxyl groups excluding tert-OH is 1. The van der Waals surface area contributed by atoms with Gasteiger partial charge in [-0.1, -0.05) is 70.5 Å². The van der Waals surface area contributed by atoms with Gasteiger partial charge in [-0.25, -0.2) is 0 Å². The molecule has 2 heteroatoms. The zero-order chi connectivity index (χ0) is 22.7. The number of aliphatic hydroxyl groups is 1. The molecule has 0 aliphatic heterocycles. The lowest BCUT2D eigenvalue weighted by molar-refractivity contribution is -0.0975. The van der Waals surface area contributed by atoms with Crippen molar-refractivity contribution in [3.8, 4) is 0 Å². The highest BCUT2D eigenvalue weighted by atomic mass is 32.2. The first kappa shape index (κ1) is 22.8. The van der Waals surface area contributed by atoms with E-state index in [0.29, 0.717) is 22.7 Å². The predicted octanol–water partition coefficient (Wildman–Crippen LogP) is 7.91. The van der Waals surface area contributed by atoms with Crippen LogP contribution in [0.4, 0.5) is 0 Å². The van der Waals surface area contributed by atoms with E-state index in [1.54, 1.807) is 11.1 Å². The van der Waals surface area contributed by atoms with Gasteiger partial charge in [-0.05, 0) is 96.1 Å². The van der Waals surface area contributed by atoms with Crippen LogP contribution in [0.1, 0.15) is 73.1 Å². The monoisotopic (exact) mass is 450 g/mol. The van der Waals surface area contributed by atoms with Gasteiger partial charge in [0.05, 0.1) is 6.10 Å². The van der Waals surface area contributed by atoms with Crippen molar-refractivity contribution in [3.63, 3.8) is 0 Å². The van der Waals surface area contributed by atoms with E-state index in [9.17, 15) is 5.11 Å². The summed E-state index contributed by atoms with van der Waals surface area (Å²) in [4.78, 5) is 1.40. The molecule has 0 amide bonds. The molecule has 0 aromatic heterocycles. The third kappa shape index (κ3) is 3.38. The van der Waals surface area contributed by atoms with Gasteiger partial charge in [-0.3, -0.25) is 0 Å². The fourth-order valence-electron chi connectivity index (χ4n) is 8.51. The van der Waals surface area contributed by atoms with Gasteiger partial charge >= 0.3 is 0 Å². The summed E-state index contributed by atoms with van der Waals surface area (Å²) >= 11 is 2.04. The third-order valence-electron chi connectivity index (χ3n) is 10.4. The van der Waals surface area contributed by atoms with Gasteiger partial charge in [0, 0.05) is 10.6 Å². The lowest BCUT2D eigenvalue weighted by Crippen LogP contribution is -2.54. The number of thioether (sulfide) groups is 1. The minimum atomic E-state index is -0.174. The Morgan fingerprint density at radius 3 is 2.53 bits per heavy atom. The summed E-state index contributed by atoms with van der Waals surface area (Å²) in [6, 6.07) is 10.9. The van der Waals surface area contributed by atoms with Gasteiger partial charge in [0.25, 0.3) is 0 Å². The maximum absolute atomic E-state index is 10.8. The van der Waals surface area contributed by atoms with Gasteiger partial charge in [0.2, 0.25) is 0 Å². The quantitative estimate of drug-likeness (QED) is 0.470. The summed E-state index contributed by atoms with van der Waals surface area (Å²) < 4.78 is 0. The van der Waals surface area contributed by atoms with Crippen LogP contribution in [0.25, 0.3) is 0 Å². The molecule has 0 bridgehead atoms. The number of allylic oxidation sites excluding steroid dienone is 4. The molecular weight excluding hydrogens is 408 g/mol. The van der Waals surface area contributed by atoms with Crippen molar-refractivity contribution in [3.05, 3.63) is 53.6 Å². The van der Waals surface area contributed by atoms with E-state index >= 15 is 0 Å². The lowest BCUT2D eigenvalue weighted by atomic mass is 9.46. The first-order chi connectivity index (χ1) is 15.2. The van der Waals surface area contributed by atoms with E-state index in [1.807, 2.05) is 11.8 Å². The van der Waals surface area contributed by atoms with Crippen LogP contribution >= 0.6 is 11.8 Å². The van der Waals surface area contributed by atoms with Crippen LogP contribution in [-0.4, -0.2) is 17.0 Å². The van der Waals surface area contributed by atoms with E-state index in [1.165, 1.54) is 36.3 Å². The number of hydrogen-bond acceptors (Lipinski definition) is 2. The van der Waals surface area contributed by atoms with Crippen LogP contribution in [0.3, 0.4) is 0 Å². The molecule has 2 fully saturated rings. The Morgan fingerprint density at radius 2 is 1.78 bits per heavy atom. The van der Waals surface area contributed by atoms with Gasteiger partial charge in [-0.2, -0.15) is 0 Å². The summed E-state index contributed by atoms with van der Waals surface area (Å²) in [5, 5.41) is 10.8. The van der Waals surface area contributed by atoms with E-state index in [2.05, 4.69) is 77.1 Å². The standard InChI is InChI=1S/C30H42OS/c1-20(19-32-21-9-7-6-8-10-21)23-12-13-24-22-11-14-26-28(2,3)27(31)16-18-30(26,5)25(22)15-17-29(23,24)4/h6-11,14,20,23,25-27,31H,12-13,15-19H2,1-5H3/t20?,23-,25+,26-,27+,29-,30-/m1/s1. The van der Waals surface area contributed by atoms with Crippen LogP contribution in [0.2, 0.25) is 0 Å². The minimum absolute atomic E-state index is 0.0260. The second-order valence-electron chi connectivity index (χ2n) is 12.4. The van der Waals surface area contributed by atoms with Crippen molar-refractivity contribution in [1.29, 1.82) is 0 Å². The largest absolute Gasteiger partial charge is 0.393 e. The molecule has 0 radical (unpaired) electrons. The predicted molar refractivity (Wildman–Crippen MR) is 137 cm³/mol. The first-order valence-electron chi connectivity index (χ1n) is 13.0. The highest BCUT2D eigenvalue weighted by molar-refractivity contribution is 7.99. The van der Waals surface area contributed by atoms with Crippen molar-refractivity contribution in [2.24, 2.45) is 39.9 Å². The van der Waals surface area contributed by atoms with Crippen LogP contribution in [0.5, 0.6) is 0 Å². The normalized spacial score (nSPS) is 41.1. The molecule has 0 spiro atoms. The van der Waals surface area contributed by atoms with Gasteiger partial charge in [-0.15, -0.1) is 11.8 Å². The molecular formula is C30H42OS. The molecule has 0 saturated heterocycles. The van der Waals surface area contributed by atoms with Crippen molar-refractivity contribution in [1.82, 2.24) is 0 Å². The van der Waals surface area contributed by atoms with Gasteiger partial charge in [0.15, 0.2) is 0 Å². The molecule has 2 saturated carbocycles.